The first-order chi connectivity index (χ1) is 9.29. The van der Waals surface area contributed by atoms with Crippen LogP contribution in [0.15, 0.2) is 22.7 Å². The predicted octanol–water partition coefficient (Wildman–Crippen LogP) is 4.43. The van der Waals surface area contributed by atoms with Gasteiger partial charge in [-0.1, -0.05) is 0 Å². The molecule has 2 nitrogen and oxygen atoms in total. The third kappa shape index (κ3) is 3.34. The quantitative estimate of drug-likeness (QED) is 0.736. The molecule has 1 heterocycles. The Labute approximate surface area is 124 Å². The van der Waals surface area contributed by atoms with Gasteiger partial charge < -0.3 is 4.90 Å². The summed E-state index contributed by atoms with van der Waals surface area (Å²) in [5, 5.41) is 0. The zero-order valence-corrected chi connectivity index (χ0v) is 12.6. The molecule has 0 radical (unpaired) electrons. The van der Waals surface area contributed by atoms with E-state index in [4.69, 9.17) is 0 Å². The maximum absolute atomic E-state index is 12.8. The molecule has 1 saturated heterocycles. The van der Waals surface area contributed by atoms with Gasteiger partial charge in [0.05, 0.1) is 5.92 Å². The van der Waals surface area contributed by atoms with Crippen molar-refractivity contribution in [2.24, 2.45) is 5.92 Å². The van der Waals surface area contributed by atoms with E-state index in [0.717, 1.165) is 5.69 Å². The fraction of sp³-hybridized carbons (Fsp3) is 0.500. The molecule has 20 heavy (non-hydrogen) atoms. The Morgan fingerprint density at radius 3 is 2.65 bits per heavy atom. The molecule has 1 aromatic carbocycles. The topological polar surface area (TPSA) is 20.3 Å². The second-order valence-corrected chi connectivity index (χ2v) is 5.90. The van der Waals surface area contributed by atoms with Gasteiger partial charge >= 0.3 is 6.18 Å². The van der Waals surface area contributed by atoms with Crippen LogP contribution >= 0.6 is 15.9 Å². The SMILES string of the molecule is CC(=O)c1ccc(N2CCCC(C(F)(F)F)C2)cc1Br. The Morgan fingerprint density at radius 2 is 2.10 bits per heavy atom. The summed E-state index contributed by atoms with van der Waals surface area (Å²) >= 11 is 3.30. The number of anilines is 1. The Hall–Kier alpha value is -1.04. The Balaban J connectivity index is 2.19. The second kappa shape index (κ2) is 5.76. The minimum atomic E-state index is -4.14. The first-order valence-corrected chi connectivity index (χ1v) is 7.20. The van der Waals surface area contributed by atoms with Crippen molar-refractivity contribution >= 4 is 27.4 Å². The predicted molar refractivity (Wildman–Crippen MR) is 75.1 cm³/mol. The number of hydrogen-bond acceptors (Lipinski definition) is 2. The molecule has 0 amide bonds. The van der Waals surface area contributed by atoms with E-state index in [-0.39, 0.29) is 18.7 Å². The number of hydrogen-bond donors (Lipinski definition) is 0. The largest absolute Gasteiger partial charge is 0.393 e. The summed E-state index contributed by atoms with van der Waals surface area (Å²) in [7, 11) is 0. The van der Waals surface area contributed by atoms with Gasteiger partial charge in [0.15, 0.2) is 5.78 Å². The maximum atomic E-state index is 12.8. The Bertz CT molecular complexity index is 516. The molecule has 1 aliphatic heterocycles. The summed E-state index contributed by atoms with van der Waals surface area (Å²) < 4.78 is 39.0. The van der Waals surface area contributed by atoms with Gasteiger partial charge in [-0.3, -0.25) is 4.79 Å². The number of Topliss-reactive ketones (excluding diaryl/α,β-unsaturated/α-hetero) is 1. The standard InChI is InChI=1S/C14H15BrF3NO/c1-9(20)12-5-4-11(7-13(12)15)19-6-2-3-10(8-19)14(16,17)18/h4-5,7,10H,2-3,6,8H2,1H3. The van der Waals surface area contributed by atoms with E-state index in [1.165, 1.54) is 6.92 Å². The lowest BCUT2D eigenvalue weighted by atomic mass is 9.97. The Morgan fingerprint density at radius 1 is 1.40 bits per heavy atom. The maximum Gasteiger partial charge on any atom is 0.393 e. The number of halogens is 4. The Kier molecular flexibility index (Phi) is 4.42. The molecule has 1 atom stereocenters. The molecule has 6 heteroatoms. The summed E-state index contributed by atoms with van der Waals surface area (Å²) in [5.74, 6) is -1.35. The molecule has 0 N–H and O–H groups in total. The average Bonchev–Trinajstić information content (AvgIpc) is 2.37. The number of carbonyl (C=O) groups is 1. The van der Waals surface area contributed by atoms with E-state index >= 15 is 0 Å². The third-order valence-corrected chi connectivity index (χ3v) is 4.24. The summed E-state index contributed by atoms with van der Waals surface area (Å²) in [6, 6.07) is 5.08. The molecule has 0 spiro atoms. The van der Waals surface area contributed by atoms with Gasteiger partial charge in [-0.25, -0.2) is 0 Å². The van der Waals surface area contributed by atoms with Crippen molar-refractivity contribution in [2.45, 2.75) is 25.9 Å². The summed E-state index contributed by atoms with van der Waals surface area (Å²) in [5.41, 5.74) is 1.26. The number of ketones is 1. The van der Waals surface area contributed by atoms with Crippen LogP contribution in [-0.4, -0.2) is 25.0 Å². The number of rotatable bonds is 2. The highest BCUT2D eigenvalue weighted by molar-refractivity contribution is 9.10. The van der Waals surface area contributed by atoms with Crippen molar-refractivity contribution in [3.05, 3.63) is 28.2 Å². The first-order valence-electron chi connectivity index (χ1n) is 6.41. The molecule has 0 saturated carbocycles. The van der Waals surface area contributed by atoms with E-state index in [2.05, 4.69) is 15.9 Å². The molecular formula is C14H15BrF3NO. The van der Waals surface area contributed by atoms with Gasteiger partial charge in [-0.05, 0) is 53.9 Å². The van der Waals surface area contributed by atoms with Gasteiger partial charge in [0.1, 0.15) is 0 Å². The summed E-state index contributed by atoms with van der Waals surface area (Å²) in [6.07, 6.45) is -3.43. The molecule has 1 aromatic rings. The van der Waals surface area contributed by atoms with Crippen molar-refractivity contribution in [1.29, 1.82) is 0 Å². The molecule has 1 fully saturated rings. The number of carbonyl (C=O) groups excluding carboxylic acids is 1. The molecule has 0 aliphatic carbocycles. The van der Waals surface area contributed by atoms with E-state index in [0.29, 0.717) is 23.0 Å². The van der Waals surface area contributed by atoms with Crippen LogP contribution in [0.25, 0.3) is 0 Å². The molecule has 1 unspecified atom stereocenters. The zero-order chi connectivity index (χ0) is 14.9. The lowest BCUT2D eigenvalue weighted by Crippen LogP contribution is -2.41. The van der Waals surface area contributed by atoms with Crippen molar-refractivity contribution in [3.63, 3.8) is 0 Å². The summed E-state index contributed by atoms with van der Waals surface area (Å²) in [6.45, 7) is 2.05. The van der Waals surface area contributed by atoms with E-state index in [1.54, 1.807) is 23.1 Å². The highest BCUT2D eigenvalue weighted by atomic mass is 79.9. The fourth-order valence-electron chi connectivity index (χ4n) is 2.47. The monoisotopic (exact) mass is 349 g/mol. The van der Waals surface area contributed by atoms with E-state index in [9.17, 15) is 18.0 Å². The fourth-order valence-corrected chi connectivity index (χ4v) is 3.11. The number of nitrogens with zero attached hydrogens (tertiary/aromatic N) is 1. The van der Waals surface area contributed by atoms with Crippen LogP contribution in [0.4, 0.5) is 18.9 Å². The van der Waals surface area contributed by atoms with Crippen molar-refractivity contribution in [1.82, 2.24) is 0 Å². The third-order valence-electron chi connectivity index (χ3n) is 3.58. The molecule has 0 aromatic heterocycles. The highest BCUT2D eigenvalue weighted by Crippen LogP contribution is 2.35. The van der Waals surface area contributed by atoms with Crippen LogP contribution in [0, 0.1) is 5.92 Å². The van der Waals surface area contributed by atoms with Gasteiger partial charge in [0, 0.05) is 28.8 Å². The minimum Gasteiger partial charge on any atom is -0.371 e. The second-order valence-electron chi connectivity index (χ2n) is 5.05. The van der Waals surface area contributed by atoms with Crippen LogP contribution in [0.2, 0.25) is 0 Å². The molecule has 0 bridgehead atoms. The molecule has 2 rings (SSSR count). The van der Waals surface area contributed by atoms with E-state index in [1.807, 2.05) is 0 Å². The van der Waals surface area contributed by atoms with Crippen LogP contribution in [0.1, 0.15) is 30.1 Å². The first kappa shape index (κ1) is 15.4. The van der Waals surface area contributed by atoms with Gasteiger partial charge in [0.2, 0.25) is 0 Å². The zero-order valence-electron chi connectivity index (χ0n) is 11.0. The van der Waals surface area contributed by atoms with Crippen LogP contribution in [-0.2, 0) is 0 Å². The van der Waals surface area contributed by atoms with Crippen molar-refractivity contribution < 1.29 is 18.0 Å². The highest BCUT2D eigenvalue weighted by Gasteiger charge is 2.41. The van der Waals surface area contributed by atoms with Crippen LogP contribution < -0.4 is 4.90 Å². The normalized spacial score (nSPS) is 20.1. The lowest BCUT2D eigenvalue weighted by Gasteiger charge is -2.35. The summed E-state index contributed by atoms with van der Waals surface area (Å²) in [4.78, 5) is 13.1. The minimum absolute atomic E-state index is 0.0185. The molecular weight excluding hydrogens is 335 g/mol. The van der Waals surface area contributed by atoms with Gasteiger partial charge in [-0.15, -0.1) is 0 Å². The van der Waals surface area contributed by atoms with E-state index < -0.39 is 12.1 Å². The molecule has 110 valence electrons. The van der Waals surface area contributed by atoms with Gasteiger partial charge in [0.25, 0.3) is 0 Å². The lowest BCUT2D eigenvalue weighted by molar-refractivity contribution is -0.175. The average molecular weight is 350 g/mol. The van der Waals surface area contributed by atoms with Crippen LogP contribution in [0.3, 0.4) is 0 Å². The number of benzene rings is 1. The smallest absolute Gasteiger partial charge is 0.371 e. The van der Waals surface area contributed by atoms with Crippen molar-refractivity contribution in [2.75, 3.05) is 18.0 Å². The number of piperidine rings is 1. The van der Waals surface area contributed by atoms with Gasteiger partial charge in [-0.2, -0.15) is 13.2 Å². The molecule has 1 aliphatic rings. The number of alkyl halides is 3. The van der Waals surface area contributed by atoms with Crippen molar-refractivity contribution in [3.8, 4) is 0 Å². The van der Waals surface area contributed by atoms with Crippen LogP contribution in [0.5, 0.6) is 0 Å².